The minimum atomic E-state index is 0.753. The van der Waals surface area contributed by atoms with Crippen LogP contribution in [0.3, 0.4) is 0 Å². The van der Waals surface area contributed by atoms with Crippen molar-refractivity contribution in [3.8, 4) is 0 Å². The van der Waals surface area contributed by atoms with Crippen molar-refractivity contribution >= 4 is 6.08 Å². The summed E-state index contributed by atoms with van der Waals surface area (Å²) < 4.78 is 4.95. The first-order valence-corrected chi connectivity index (χ1v) is 5.10. The molecule has 1 N–H and O–H groups in total. The monoisotopic (exact) mass is 206 g/mol. The summed E-state index contributed by atoms with van der Waals surface area (Å²) in [5.41, 5.74) is 2.49. The van der Waals surface area contributed by atoms with Crippen LogP contribution in [0.2, 0.25) is 0 Å². The van der Waals surface area contributed by atoms with Crippen LogP contribution < -0.4 is 5.32 Å². The van der Waals surface area contributed by atoms with Gasteiger partial charge in [0.2, 0.25) is 0 Å². The first-order chi connectivity index (χ1) is 7.33. The lowest BCUT2D eigenvalue weighted by Gasteiger charge is -2.04. The standard InChI is InChI=1S/C12H18N2O/c1-11(10-14-7-8-15-2)9-12-3-5-13-6-4-12/h3-6,9,14H,7-8,10H2,1-2H3. The number of methoxy groups -OCH3 is 1. The topological polar surface area (TPSA) is 34.1 Å². The average molecular weight is 206 g/mol. The van der Waals surface area contributed by atoms with E-state index in [1.165, 1.54) is 11.1 Å². The first kappa shape index (κ1) is 11.9. The molecule has 0 aromatic carbocycles. The number of rotatable bonds is 6. The van der Waals surface area contributed by atoms with Gasteiger partial charge >= 0.3 is 0 Å². The zero-order valence-electron chi connectivity index (χ0n) is 9.36. The van der Waals surface area contributed by atoms with Crippen LogP contribution in [0, 0.1) is 0 Å². The number of hydrogen-bond donors (Lipinski definition) is 1. The van der Waals surface area contributed by atoms with Crippen LogP contribution in [-0.4, -0.2) is 31.8 Å². The van der Waals surface area contributed by atoms with E-state index in [9.17, 15) is 0 Å². The molecule has 0 aliphatic heterocycles. The fourth-order valence-electron chi connectivity index (χ4n) is 1.26. The molecule has 82 valence electrons. The summed E-state index contributed by atoms with van der Waals surface area (Å²) >= 11 is 0. The van der Waals surface area contributed by atoms with E-state index < -0.39 is 0 Å². The van der Waals surface area contributed by atoms with E-state index in [-0.39, 0.29) is 0 Å². The van der Waals surface area contributed by atoms with Gasteiger partial charge < -0.3 is 10.1 Å². The van der Waals surface area contributed by atoms with Gasteiger partial charge in [-0.1, -0.05) is 11.6 Å². The van der Waals surface area contributed by atoms with Crippen LogP contribution in [0.1, 0.15) is 12.5 Å². The van der Waals surface area contributed by atoms with Crippen LogP contribution in [-0.2, 0) is 4.74 Å². The highest BCUT2D eigenvalue weighted by Crippen LogP contribution is 2.03. The molecule has 15 heavy (non-hydrogen) atoms. The van der Waals surface area contributed by atoms with Gasteiger partial charge in [0, 0.05) is 32.6 Å². The molecule has 3 heteroatoms. The highest BCUT2D eigenvalue weighted by atomic mass is 16.5. The third-order valence-corrected chi connectivity index (χ3v) is 2.01. The van der Waals surface area contributed by atoms with Crippen LogP contribution in [0.4, 0.5) is 0 Å². The SMILES string of the molecule is COCCNCC(C)=Cc1ccncc1. The molecule has 1 aromatic rings. The molecule has 0 amide bonds. The van der Waals surface area contributed by atoms with Crippen LogP contribution in [0.15, 0.2) is 30.1 Å². The highest BCUT2D eigenvalue weighted by Gasteiger charge is 1.91. The Hall–Kier alpha value is -1.19. The van der Waals surface area contributed by atoms with Gasteiger partial charge in [-0.3, -0.25) is 4.98 Å². The van der Waals surface area contributed by atoms with Crippen LogP contribution in [0.25, 0.3) is 6.08 Å². The van der Waals surface area contributed by atoms with Gasteiger partial charge in [-0.05, 0) is 24.6 Å². The highest BCUT2D eigenvalue weighted by molar-refractivity contribution is 5.51. The fraction of sp³-hybridized carbons (Fsp3) is 0.417. The number of nitrogens with zero attached hydrogens (tertiary/aromatic N) is 1. The van der Waals surface area contributed by atoms with E-state index in [2.05, 4.69) is 23.3 Å². The lowest BCUT2D eigenvalue weighted by Crippen LogP contribution is -2.20. The number of ether oxygens (including phenoxy) is 1. The summed E-state index contributed by atoms with van der Waals surface area (Å²) in [6, 6.07) is 4.00. The summed E-state index contributed by atoms with van der Waals surface area (Å²) in [4.78, 5) is 3.98. The molecule has 0 saturated heterocycles. The Bertz CT molecular complexity index is 296. The van der Waals surface area contributed by atoms with Gasteiger partial charge in [-0.2, -0.15) is 0 Å². The van der Waals surface area contributed by atoms with E-state index in [0.717, 1.165) is 19.7 Å². The maximum atomic E-state index is 4.95. The smallest absolute Gasteiger partial charge is 0.0587 e. The van der Waals surface area contributed by atoms with Crippen molar-refractivity contribution in [1.82, 2.24) is 10.3 Å². The fourth-order valence-corrected chi connectivity index (χ4v) is 1.26. The van der Waals surface area contributed by atoms with Crippen LogP contribution >= 0.6 is 0 Å². The van der Waals surface area contributed by atoms with Crippen molar-refractivity contribution in [2.75, 3.05) is 26.8 Å². The second kappa shape index (κ2) is 7.15. The molecular formula is C12H18N2O. The quantitative estimate of drug-likeness (QED) is 0.720. The van der Waals surface area contributed by atoms with E-state index in [4.69, 9.17) is 4.74 Å². The largest absolute Gasteiger partial charge is 0.383 e. The summed E-state index contributed by atoms with van der Waals surface area (Å²) in [6.07, 6.45) is 5.76. The maximum absolute atomic E-state index is 4.95. The third-order valence-electron chi connectivity index (χ3n) is 2.01. The molecule has 0 saturated carbocycles. The number of aromatic nitrogens is 1. The van der Waals surface area contributed by atoms with Gasteiger partial charge in [0.15, 0.2) is 0 Å². The van der Waals surface area contributed by atoms with Gasteiger partial charge in [0.25, 0.3) is 0 Å². The van der Waals surface area contributed by atoms with E-state index >= 15 is 0 Å². The van der Waals surface area contributed by atoms with E-state index in [1.54, 1.807) is 19.5 Å². The Labute approximate surface area is 91.2 Å². The zero-order chi connectivity index (χ0) is 10.9. The Morgan fingerprint density at radius 1 is 1.47 bits per heavy atom. The molecule has 0 aliphatic carbocycles. The molecule has 3 nitrogen and oxygen atoms in total. The summed E-state index contributed by atoms with van der Waals surface area (Å²) in [5.74, 6) is 0. The molecule has 1 rings (SSSR count). The van der Waals surface area contributed by atoms with Crippen molar-refractivity contribution in [1.29, 1.82) is 0 Å². The summed E-state index contributed by atoms with van der Waals surface area (Å²) in [6.45, 7) is 4.65. The predicted octanol–water partition coefficient (Wildman–Crippen LogP) is 1.72. The summed E-state index contributed by atoms with van der Waals surface area (Å²) in [5, 5.41) is 3.30. The van der Waals surface area contributed by atoms with Crippen molar-refractivity contribution in [2.45, 2.75) is 6.92 Å². The van der Waals surface area contributed by atoms with Crippen molar-refractivity contribution in [3.05, 3.63) is 35.7 Å². The van der Waals surface area contributed by atoms with Gasteiger partial charge in [0.1, 0.15) is 0 Å². The number of hydrogen-bond acceptors (Lipinski definition) is 3. The first-order valence-electron chi connectivity index (χ1n) is 5.10. The molecule has 0 bridgehead atoms. The van der Waals surface area contributed by atoms with Crippen LogP contribution in [0.5, 0.6) is 0 Å². The lowest BCUT2D eigenvalue weighted by molar-refractivity contribution is 0.200. The summed E-state index contributed by atoms with van der Waals surface area (Å²) in [7, 11) is 1.71. The minimum absolute atomic E-state index is 0.753. The molecule has 1 aromatic heterocycles. The van der Waals surface area contributed by atoms with Gasteiger partial charge in [0.05, 0.1) is 6.61 Å². The predicted molar refractivity (Wildman–Crippen MR) is 62.6 cm³/mol. The normalized spacial score (nSPS) is 11.7. The molecular weight excluding hydrogens is 188 g/mol. The molecule has 0 spiro atoms. The number of pyridine rings is 1. The van der Waals surface area contributed by atoms with Gasteiger partial charge in [-0.15, -0.1) is 0 Å². The Morgan fingerprint density at radius 2 is 2.20 bits per heavy atom. The molecule has 0 radical (unpaired) electrons. The average Bonchev–Trinajstić information content (AvgIpc) is 2.26. The molecule has 0 aliphatic rings. The Balaban J connectivity index is 2.33. The van der Waals surface area contributed by atoms with Gasteiger partial charge in [-0.25, -0.2) is 0 Å². The minimum Gasteiger partial charge on any atom is -0.383 e. The second-order valence-corrected chi connectivity index (χ2v) is 3.44. The van der Waals surface area contributed by atoms with Crippen molar-refractivity contribution < 1.29 is 4.74 Å². The van der Waals surface area contributed by atoms with Crippen molar-refractivity contribution in [2.24, 2.45) is 0 Å². The Kier molecular flexibility index (Phi) is 5.66. The van der Waals surface area contributed by atoms with E-state index in [1.807, 2.05) is 12.1 Å². The molecule has 0 fully saturated rings. The zero-order valence-corrected chi connectivity index (χ0v) is 9.36. The second-order valence-electron chi connectivity index (χ2n) is 3.44. The molecule has 1 heterocycles. The molecule has 0 unspecified atom stereocenters. The Morgan fingerprint density at radius 3 is 2.87 bits per heavy atom. The maximum Gasteiger partial charge on any atom is 0.0587 e. The van der Waals surface area contributed by atoms with Crippen molar-refractivity contribution in [3.63, 3.8) is 0 Å². The van der Waals surface area contributed by atoms with E-state index in [0.29, 0.717) is 0 Å². The lowest BCUT2D eigenvalue weighted by atomic mass is 10.2. The third kappa shape index (κ3) is 5.30. The number of nitrogens with one attached hydrogen (secondary N) is 1. The molecule has 0 atom stereocenters.